The van der Waals surface area contributed by atoms with E-state index in [0.29, 0.717) is 0 Å². The normalized spacial score (nSPS) is 29.3. The van der Waals surface area contributed by atoms with Crippen LogP contribution in [-0.4, -0.2) is 5.78 Å². The van der Waals surface area contributed by atoms with Gasteiger partial charge in [-0.15, -0.1) is 0 Å². The van der Waals surface area contributed by atoms with Crippen LogP contribution >= 0.6 is 0 Å². The fourth-order valence-corrected chi connectivity index (χ4v) is 1.80. The maximum Gasteiger partial charge on any atom is 0.149 e. The lowest BCUT2D eigenvalue weighted by atomic mass is 9.80. The van der Waals surface area contributed by atoms with Crippen LogP contribution in [0.5, 0.6) is 0 Å². The molecular formula is C10H15NO. The van der Waals surface area contributed by atoms with Crippen LogP contribution in [0.3, 0.4) is 0 Å². The molecule has 0 aromatic rings. The number of nitriles is 1. The van der Waals surface area contributed by atoms with E-state index in [9.17, 15) is 4.79 Å². The van der Waals surface area contributed by atoms with Crippen molar-refractivity contribution in [2.24, 2.45) is 11.8 Å². The van der Waals surface area contributed by atoms with Crippen molar-refractivity contribution in [2.45, 2.75) is 39.0 Å². The minimum absolute atomic E-state index is 0.110. The van der Waals surface area contributed by atoms with E-state index < -0.39 is 0 Å². The molecule has 1 aliphatic rings. The van der Waals surface area contributed by atoms with Crippen molar-refractivity contribution in [3.8, 4) is 6.07 Å². The molecule has 0 amide bonds. The zero-order chi connectivity index (χ0) is 8.97. The largest absolute Gasteiger partial charge is 0.298 e. The van der Waals surface area contributed by atoms with Crippen LogP contribution < -0.4 is 0 Å². The maximum absolute atomic E-state index is 11.3. The molecule has 1 saturated carbocycles. The molecule has 1 rings (SSSR count). The molecule has 0 spiro atoms. The molecule has 0 atom stereocenters. The van der Waals surface area contributed by atoms with Gasteiger partial charge in [-0.05, 0) is 18.8 Å². The van der Waals surface area contributed by atoms with E-state index in [1.165, 1.54) is 0 Å². The van der Waals surface area contributed by atoms with Crippen LogP contribution in [0.2, 0.25) is 0 Å². The van der Waals surface area contributed by atoms with Gasteiger partial charge in [-0.2, -0.15) is 5.26 Å². The van der Waals surface area contributed by atoms with Gasteiger partial charge in [0.05, 0.1) is 12.5 Å². The lowest BCUT2D eigenvalue weighted by Gasteiger charge is -2.24. The summed E-state index contributed by atoms with van der Waals surface area (Å²) in [6.07, 6.45) is 4.42. The molecule has 0 aromatic carbocycles. The summed E-state index contributed by atoms with van der Waals surface area (Å²) in [5, 5.41) is 8.35. The molecule has 1 aliphatic carbocycles. The Hall–Kier alpha value is -0.840. The summed E-state index contributed by atoms with van der Waals surface area (Å²) in [7, 11) is 0. The summed E-state index contributed by atoms with van der Waals surface area (Å²) in [6.45, 7) is 2.23. The first-order valence-electron chi connectivity index (χ1n) is 4.63. The van der Waals surface area contributed by atoms with Crippen LogP contribution in [0, 0.1) is 23.2 Å². The molecule has 0 aliphatic heterocycles. The molecule has 0 aromatic heterocycles. The number of ketones is 1. The van der Waals surface area contributed by atoms with Crippen molar-refractivity contribution in [2.75, 3.05) is 0 Å². The summed E-state index contributed by atoms with van der Waals surface area (Å²) < 4.78 is 0. The van der Waals surface area contributed by atoms with Crippen molar-refractivity contribution in [1.29, 1.82) is 5.26 Å². The fraction of sp³-hybridized carbons (Fsp3) is 0.800. The van der Waals surface area contributed by atoms with E-state index in [4.69, 9.17) is 5.26 Å². The Bertz CT molecular complexity index is 196. The number of carbonyl (C=O) groups excluding carboxylic acids is 1. The van der Waals surface area contributed by atoms with E-state index in [2.05, 4.69) is 6.92 Å². The first-order chi connectivity index (χ1) is 5.74. The fourth-order valence-electron chi connectivity index (χ4n) is 1.80. The minimum atomic E-state index is 0.110. The molecule has 2 heteroatoms. The zero-order valence-electron chi connectivity index (χ0n) is 7.55. The van der Waals surface area contributed by atoms with E-state index in [1.807, 2.05) is 6.07 Å². The van der Waals surface area contributed by atoms with Crippen LogP contribution in [0.1, 0.15) is 39.0 Å². The second kappa shape index (κ2) is 4.25. The van der Waals surface area contributed by atoms with E-state index >= 15 is 0 Å². The van der Waals surface area contributed by atoms with Gasteiger partial charge in [0.15, 0.2) is 0 Å². The third-order valence-corrected chi connectivity index (χ3v) is 2.72. The number of carbonyl (C=O) groups is 1. The monoisotopic (exact) mass is 165 g/mol. The molecule has 66 valence electrons. The van der Waals surface area contributed by atoms with Crippen molar-refractivity contribution in [1.82, 2.24) is 0 Å². The quantitative estimate of drug-likeness (QED) is 0.630. The summed E-state index contributed by atoms with van der Waals surface area (Å²) in [4.78, 5) is 11.3. The molecule has 0 heterocycles. The Labute approximate surface area is 73.6 Å². The summed E-state index contributed by atoms with van der Waals surface area (Å²) in [5.74, 6) is 1.13. The van der Waals surface area contributed by atoms with Gasteiger partial charge in [0.1, 0.15) is 5.78 Å². The van der Waals surface area contributed by atoms with Gasteiger partial charge in [0.25, 0.3) is 0 Å². The predicted molar refractivity (Wildman–Crippen MR) is 46.4 cm³/mol. The number of nitrogens with zero attached hydrogens (tertiary/aromatic N) is 1. The predicted octanol–water partition coefficient (Wildman–Crippen LogP) is 2.30. The van der Waals surface area contributed by atoms with Crippen LogP contribution in [-0.2, 0) is 4.79 Å². The summed E-state index contributed by atoms with van der Waals surface area (Å²) in [6, 6.07) is 1.93. The second-order valence-electron chi connectivity index (χ2n) is 3.76. The van der Waals surface area contributed by atoms with Gasteiger partial charge < -0.3 is 0 Å². The Morgan fingerprint density at radius 2 is 2.00 bits per heavy atom. The van der Waals surface area contributed by atoms with Gasteiger partial charge in [-0.3, -0.25) is 4.79 Å². The number of rotatable bonds is 2. The number of hydrogen-bond donors (Lipinski definition) is 0. The standard InChI is InChI=1S/C10H15NO/c1-8-2-4-9(5-3-8)10(12)6-7-11/h8-9H,2-6H2,1H3/t8-,9-. The minimum Gasteiger partial charge on any atom is -0.298 e. The molecule has 0 bridgehead atoms. The Balaban J connectivity index is 2.35. The molecule has 1 fully saturated rings. The first-order valence-corrected chi connectivity index (χ1v) is 4.63. The van der Waals surface area contributed by atoms with E-state index in [-0.39, 0.29) is 18.1 Å². The van der Waals surface area contributed by atoms with Gasteiger partial charge in [0, 0.05) is 5.92 Å². The van der Waals surface area contributed by atoms with Gasteiger partial charge in [0.2, 0.25) is 0 Å². The smallest absolute Gasteiger partial charge is 0.149 e. The highest BCUT2D eigenvalue weighted by Crippen LogP contribution is 2.29. The topological polar surface area (TPSA) is 40.9 Å². The average Bonchev–Trinajstić information content (AvgIpc) is 2.06. The van der Waals surface area contributed by atoms with Crippen LogP contribution in [0.4, 0.5) is 0 Å². The highest BCUT2D eigenvalue weighted by molar-refractivity contribution is 5.82. The van der Waals surface area contributed by atoms with Crippen molar-refractivity contribution >= 4 is 5.78 Å². The molecule has 0 N–H and O–H groups in total. The molecule has 0 radical (unpaired) electrons. The summed E-state index contributed by atoms with van der Waals surface area (Å²) >= 11 is 0. The van der Waals surface area contributed by atoms with Gasteiger partial charge in [-0.25, -0.2) is 0 Å². The molecule has 2 nitrogen and oxygen atoms in total. The van der Waals surface area contributed by atoms with Gasteiger partial charge in [-0.1, -0.05) is 19.8 Å². The third-order valence-electron chi connectivity index (χ3n) is 2.72. The third kappa shape index (κ3) is 2.34. The Morgan fingerprint density at radius 1 is 1.42 bits per heavy atom. The van der Waals surface area contributed by atoms with E-state index in [0.717, 1.165) is 31.6 Å². The van der Waals surface area contributed by atoms with Crippen LogP contribution in [0.15, 0.2) is 0 Å². The molecule has 0 saturated heterocycles. The van der Waals surface area contributed by atoms with Crippen molar-refractivity contribution in [3.05, 3.63) is 0 Å². The molecule has 0 unspecified atom stereocenters. The highest BCUT2D eigenvalue weighted by atomic mass is 16.1. The maximum atomic E-state index is 11.3. The lowest BCUT2D eigenvalue weighted by molar-refractivity contribution is -0.123. The number of hydrogen-bond acceptors (Lipinski definition) is 2. The summed E-state index contributed by atoms with van der Waals surface area (Å²) in [5.41, 5.74) is 0. The second-order valence-corrected chi connectivity index (χ2v) is 3.76. The van der Waals surface area contributed by atoms with Gasteiger partial charge >= 0.3 is 0 Å². The first kappa shape index (κ1) is 9.25. The Kier molecular flexibility index (Phi) is 3.28. The van der Waals surface area contributed by atoms with Crippen molar-refractivity contribution < 1.29 is 4.79 Å². The zero-order valence-corrected chi connectivity index (χ0v) is 7.55. The number of Topliss-reactive ketones (excluding diaryl/α,β-unsaturated/α-hetero) is 1. The Morgan fingerprint density at radius 3 is 2.50 bits per heavy atom. The van der Waals surface area contributed by atoms with Crippen LogP contribution in [0.25, 0.3) is 0 Å². The average molecular weight is 165 g/mol. The highest BCUT2D eigenvalue weighted by Gasteiger charge is 2.23. The van der Waals surface area contributed by atoms with Crippen molar-refractivity contribution in [3.63, 3.8) is 0 Å². The SMILES string of the molecule is C[C@H]1CC[C@H](C(=O)CC#N)CC1. The van der Waals surface area contributed by atoms with E-state index in [1.54, 1.807) is 0 Å². The lowest BCUT2D eigenvalue weighted by Crippen LogP contribution is -2.20. The molecule has 12 heavy (non-hydrogen) atoms. The molecular weight excluding hydrogens is 150 g/mol.